The number of aliphatic hydroxyl groups is 2. The molecule has 0 aliphatic heterocycles. The third-order valence-electron chi connectivity index (χ3n) is 1.99. The fourth-order valence-corrected chi connectivity index (χ4v) is 1.01. The van der Waals surface area contributed by atoms with E-state index in [1.54, 1.807) is 0 Å². The third kappa shape index (κ3) is 121. The monoisotopic (exact) mass is 458 g/mol. The Bertz CT molecular complexity index is 203. The van der Waals surface area contributed by atoms with Crippen LogP contribution >= 0.6 is 0 Å². The van der Waals surface area contributed by atoms with Crippen molar-refractivity contribution in [3.8, 4) is 0 Å². The maximum absolute atomic E-state index is 8.89. The number of aliphatic carboxylic acids is 2. The van der Waals surface area contributed by atoms with E-state index in [-0.39, 0.29) is 33.6 Å². The van der Waals surface area contributed by atoms with Crippen molar-refractivity contribution in [3.63, 3.8) is 0 Å². The predicted molar refractivity (Wildman–Crippen MR) is 91.1 cm³/mol. The van der Waals surface area contributed by atoms with Gasteiger partial charge in [0.05, 0.1) is 13.2 Å². The fourth-order valence-electron chi connectivity index (χ4n) is 1.01. The number of nitrogens with one attached hydrogen (secondary N) is 2. The molecule has 0 unspecified atom stereocenters. The van der Waals surface area contributed by atoms with Crippen molar-refractivity contribution < 1.29 is 50.4 Å². The van der Waals surface area contributed by atoms with Crippen LogP contribution < -0.4 is 20.8 Å². The first-order valence-corrected chi connectivity index (χ1v) is 8.28. The number of unbranched alkanes of at least 4 members (excludes halogenated alkanes) is 2. The smallest absolute Gasteiger partial charge is 0.550 e. The van der Waals surface area contributed by atoms with E-state index in [2.05, 4.69) is 24.5 Å². The SMILES string of the molecule is CC(=O)[O-].CC(=O)[O-].CCCCNCCO.CCCCNCCO.[Pd+2]. The molecule has 0 aliphatic carbocycles. The standard InChI is InChI=1S/2C6H15NO.2C2H4O2.Pd/c2*1-2-3-4-7-5-6-8;2*1-2(3)4;/h2*7-8H,2-6H2,1H3;2*1H3,(H,3,4);/q;;;;+2/p-2. The molecule has 8 nitrogen and oxygen atoms in total. The van der Waals surface area contributed by atoms with E-state index in [0.717, 1.165) is 40.0 Å². The summed E-state index contributed by atoms with van der Waals surface area (Å²) >= 11 is 0. The molecule has 0 fully saturated rings. The summed E-state index contributed by atoms with van der Waals surface area (Å²) in [6, 6.07) is 0. The van der Waals surface area contributed by atoms with Gasteiger partial charge in [0.25, 0.3) is 0 Å². The Labute approximate surface area is 166 Å². The van der Waals surface area contributed by atoms with E-state index in [1.165, 1.54) is 25.7 Å². The molecule has 0 heterocycles. The summed E-state index contributed by atoms with van der Waals surface area (Å²) in [5.41, 5.74) is 0. The van der Waals surface area contributed by atoms with Crippen molar-refractivity contribution in [2.75, 3.05) is 39.4 Å². The van der Waals surface area contributed by atoms with Crippen LogP contribution in [0.3, 0.4) is 0 Å². The quantitative estimate of drug-likeness (QED) is 0.223. The zero-order valence-electron chi connectivity index (χ0n) is 15.9. The van der Waals surface area contributed by atoms with Gasteiger partial charge in [0.15, 0.2) is 0 Å². The number of aliphatic hydroxyl groups excluding tert-OH is 2. The molecule has 0 spiro atoms. The fraction of sp³-hybridized carbons (Fsp3) is 0.875. The van der Waals surface area contributed by atoms with E-state index in [4.69, 9.17) is 30.0 Å². The molecule has 0 aliphatic rings. The Morgan fingerprint density at radius 3 is 1.16 bits per heavy atom. The molecule has 0 saturated heterocycles. The van der Waals surface area contributed by atoms with Crippen LogP contribution in [0.25, 0.3) is 0 Å². The molecule has 156 valence electrons. The van der Waals surface area contributed by atoms with Crippen LogP contribution in [-0.4, -0.2) is 61.5 Å². The molecule has 9 heteroatoms. The van der Waals surface area contributed by atoms with Crippen molar-refractivity contribution >= 4 is 11.9 Å². The van der Waals surface area contributed by atoms with E-state index in [9.17, 15) is 0 Å². The van der Waals surface area contributed by atoms with E-state index in [0.29, 0.717) is 0 Å². The van der Waals surface area contributed by atoms with Crippen molar-refractivity contribution in [3.05, 3.63) is 0 Å². The molecule has 0 atom stereocenters. The molecular weight excluding hydrogens is 423 g/mol. The first-order valence-electron chi connectivity index (χ1n) is 8.28. The van der Waals surface area contributed by atoms with Gasteiger partial charge in [-0.05, 0) is 39.8 Å². The summed E-state index contributed by atoms with van der Waals surface area (Å²) < 4.78 is 0. The molecular formula is C16H36N2O6Pd. The maximum Gasteiger partial charge on any atom is 2.00 e. The zero-order chi connectivity index (χ0) is 19.6. The number of hydrogen-bond acceptors (Lipinski definition) is 8. The minimum Gasteiger partial charge on any atom is -0.550 e. The van der Waals surface area contributed by atoms with Crippen LogP contribution in [0, 0.1) is 0 Å². The maximum atomic E-state index is 8.89. The van der Waals surface area contributed by atoms with Crippen LogP contribution in [0.2, 0.25) is 0 Å². The summed E-state index contributed by atoms with van der Waals surface area (Å²) in [6.07, 6.45) is 4.86. The summed E-state index contributed by atoms with van der Waals surface area (Å²) in [5.74, 6) is -2.17. The van der Waals surface area contributed by atoms with Gasteiger partial charge >= 0.3 is 20.4 Å². The van der Waals surface area contributed by atoms with Gasteiger partial charge in [-0.2, -0.15) is 0 Å². The van der Waals surface area contributed by atoms with Gasteiger partial charge in [-0.15, -0.1) is 0 Å². The Morgan fingerprint density at radius 2 is 1.00 bits per heavy atom. The first-order chi connectivity index (χ1) is 11.3. The van der Waals surface area contributed by atoms with Crippen LogP contribution in [0.1, 0.15) is 53.4 Å². The number of carbonyl (C=O) groups is 2. The number of rotatable bonds is 10. The second kappa shape index (κ2) is 38.8. The molecule has 0 aromatic carbocycles. The van der Waals surface area contributed by atoms with E-state index in [1.807, 2.05) is 0 Å². The van der Waals surface area contributed by atoms with Crippen molar-refractivity contribution in [2.24, 2.45) is 0 Å². The van der Waals surface area contributed by atoms with Gasteiger partial charge in [-0.1, -0.05) is 26.7 Å². The normalized spacial score (nSPS) is 8.24. The molecule has 0 bridgehead atoms. The van der Waals surface area contributed by atoms with Gasteiger partial charge in [0.1, 0.15) is 0 Å². The second-order valence-corrected chi connectivity index (χ2v) is 4.64. The average Bonchev–Trinajstić information content (AvgIpc) is 2.48. The number of hydrogen-bond donors (Lipinski definition) is 4. The summed E-state index contributed by atoms with van der Waals surface area (Å²) in [5, 5.41) is 40.6. The minimum atomic E-state index is -1.08. The molecule has 0 radical (unpaired) electrons. The van der Waals surface area contributed by atoms with Crippen LogP contribution in [0.5, 0.6) is 0 Å². The van der Waals surface area contributed by atoms with Gasteiger partial charge < -0.3 is 40.6 Å². The Morgan fingerprint density at radius 1 is 0.760 bits per heavy atom. The van der Waals surface area contributed by atoms with E-state index < -0.39 is 11.9 Å². The van der Waals surface area contributed by atoms with Gasteiger partial charge in [-0.25, -0.2) is 0 Å². The van der Waals surface area contributed by atoms with Gasteiger partial charge in [0, 0.05) is 25.0 Å². The van der Waals surface area contributed by atoms with Crippen LogP contribution in [0.15, 0.2) is 0 Å². The van der Waals surface area contributed by atoms with E-state index >= 15 is 0 Å². The Balaban J connectivity index is -0.0000000739. The molecule has 0 aromatic heterocycles. The number of carboxylic acids is 2. The average molecular weight is 459 g/mol. The zero-order valence-corrected chi connectivity index (χ0v) is 17.5. The molecule has 4 N–H and O–H groups in total. The first kappa shape index (κ1) is 35.5. The van der Waals surface area contributed by atoms with Crippen LogP contribution in [0.4, 0.5) is 0 Å². The number of carbonyl (C=O) groups excluding carboxylic acids is 2. The molecule has 25 heavy (non-hydrogen) atoms. The van der Waals surface area contributed by atoms with Crippen LogP contribution in [-0.2, 0) is 30.0 Å². The Kier molecular flexibility index (Phi) is 55.2. The van der Waals surface area contributed by atoms with Crippen molar-refractivity contribution in [1.82, 2.24) is 10.6 Å². The Hall–Kier alpha value is -0.558. The molecule has 0 rings (SSSR count). The topological polar surface area (TPSA) is 145 Å². The minimum absolute atomic E-state index is 0. The number of carboxylic acid groups (broad SMARTS) is 2. The summed E-state index contributed by atoms with van der Waals surface area (Å²) in [4.78, 5) is 17.8. The third-order valence-corrected chi connectivity index (χ3v) is 1.99. The van der Waals surface area contributed by atoms with Crippen molar-refractivity contribution in [2.45, 2.75) is 53.4 Å². The predicted octanol–water partition coefficient (Wildman–Crippen LogP) is -1.75. The summed E-state index contributed by atoms with van der Waals surface area (Å²) in [7, 11) is 0. The molecule has 0 amide bonds. The van der Waals surface area contributed by atoms with Crippen molar-refractivity contribution in [1.29, 1.82) is 0 Å². The summed E-state index contributed by atoms with van der Waals surface area (Å²) in [6.45, 7) is 10.3. The largest absolute Gasteiger partial charge is 2.00 e. The molecule has 0 aromatic rings. The molecule has 0 saturated carbocycles. The van der Waals surface area contributed by atoms with Gasteiger partial charge in [0.2, 0.25) is 0 Å². The second-order valence-electron chi connectivity index (χ2n) is 4.64. The van der Waals surface area contributed by atoms with Gasteiger partial charge in [-0.3, -0.25) is 0 Å².